The standard InChI is InChI=1S/C10H13N5S/c1-6-5-13-10(11)15-8(6)14-7(2)9-12-3-4-16-9/h3-5,7H,1-2H3,(H3,11,13,14,15). The molecule has 84 valence electrons. The topological polar surface area (TPSA) is 76.7 Å². The molecule has 1 unspecified atom stereocenters. The number of nitrogens with two attached hydrogens (primary N) is 1. The van der Waals surface area contributed by atoms with Gasteiger partial charge in [-0.2, -0.15) is 4.98 Å². The van der Waals surface area contributed by atoms with Gasteiger partial charge >= 0.3 is 0 Å². The Bertz CT molecular complexity index is 468. The molecule has 3 N–H and O–H groups in total. The van der Waals surface area contributed by atoms with E-state index in [2.05, 4.69) is 20.3 Å². The smallest absolute Gasteiger partial charge is 0.221 e. The molecule has 0 saturated heterocycles. The molecule has 0 bridgehead atoms. The van der Waals surface area contributed by atoms with Crippen LogP contribution in [0.4, 0.5) is 11.8 Å². The molecule has 0 aliphatic rings. The van der Waals surface area contributed by atoms with Crippen molar-refractivity contribution in [2.75, 3.05) is 11.1 Å². The van der Waals surface area contributed by atoms with E-state index in [9.17, 15) is 0 Å². The minimum atomic E-state index is 0.119. The average Bonchev–Trinajstić information content (AvgIpc) is 2.76. The van der Waals surface area contributed by atoms with Crippen molar-refractivity contribution in [3.05, 3.63) is 28.3 Å². The zero-order chi connectivity index (χ0) is 11.5. The third-order valence-electron chi connectivity index (χ3n) is 2.17. The first kappa shape index (κ1) is 10.8. The van der Waals surface area contributed by atoms with Crippen molar-refractivity contribution in [3.63, 3.8) is 0 Å². The summed E-state index contributed by atoms with van der Waals surface area (Å²) >= 11 is 1.61. The minimum absolute atomic E-state index is 0.119. The maximum Gasteiger partial charge on any atom is 0.221 e. The fraction of sp³-hybridized carbons (Fsp3) is 0.300. The predicted octanol–water partition coefficient (Wildman–Crippen LogP) is 2.00. The second-order valence-corrected chi connectivity index (χ2v) is 4.42. The molecule has 0 radical (unpaired) electrons. The van der Waals surface area contributed by atoms with Gasteiger partial charge in [-0.15, -0.1) is 11.3 Å². The van der Waals surface area contributed by atoms with E-state index in [1.165, 1.54) is 0 Å². The fourth-order valence-electron chi connectivity index (χ4n) is 1.32. The lowest BCUT2D eigenvalue weighted by Gasteiger charge is -2.13. The van der Waals surface area contributed by atoms with Crippen LogP contribution in [0.5, 0.6) is 0 Å². The molecule has 0 aromatic carbocycles. The number of hydrogen-bond donors (Lipinski definition) is 2. The second kappa shape index (κ2) is 4.44. The molecule has 2 heterocycles. The lowest BCUT2D eigenvalue weighted by atomic mass is 10.3. The molecular weight excluding hydrogens is 222 g/mol. The normalized spacial score (nSPS) is 12.4. The molecule has 1 atom stereocenters. The SMILES string of the molecule is Cc1cnc(N)nc1NC(C)c1nccs1. The first-order valence-corrected chi connectivity index (χ1v) is 5.80. The van der Waals surface area contributed by atoms with Crippen molar-refractivity contribution in [1.29, 1.82) is 0 Å². The molecule has 5 nitrogen and oxygen atoms in total. The van der Waals surface area contributed by atoms with Crippen molar-refractivity contribution >= 4 is 23.1 Å². The van der Waals surface area contributed by atoms with Crippen LogP contribution in [0.1, 0.15) is 23.5 Å². The number of aryl methyl sites for hydroxylation is 1. The Morgan fingerprint density at radius 1 is 1.44 bits per heavy atom. The third kappa shape index (κ3) is 2.27. The van der Waals surface area contributed by atoms with Crippen molar-refractivity contribution < 1.29 is 0 Å². The van der Waals surface area contributed by atoms with Crippen LogP contribution in [0.25, 0.3) is 0 Å². The molecular formula is C10H13N5S. The molecule has 0 spiro atoms. The molecule has 0 amide bonds. The van der Waals surface area contributed by atoms with Gasteiger partial charge in [0.05, 0.1) is 6.04 Å². The Kier molecular flexibility index (Phi) is 3.00. The summed E-state index contributed by atoms with van der Waals surface area (Å²) in [6.45, 7) is 3.98. The molecule has 16 heavy (non-hydrogen) atoms. The van der Waals surface area contributed by atoms with Crippen molar-refractivity contribution in [2.24, 2.45) is 0 Å². The Hall–Kier alpha value is -1.69. The molecule has 2 rings (SSSR count). The number of nitrogen functional groups attached to an aromatic ring is 1. The molecule has 2 aromatic heterocycles. The van der Waals surface area contributed by atoms with Gasteiger partial charge in [-0.3, -0.25) is 0 Å². The Morgan fingerprint density at radius 3 is 2.94 bits per heavy atom. The lowest BCUT2D eigenvalue weighted by Crippen LogP contribution is -2.10. The van der Waals surface area contributed by atoms with Crippen LogP contribution >= 0.6 is 11.3 Å². The first-order chi connectivity index (χ1) is 7.66. The van der Waals surface area contributed by atoms with E-state index in [4.69, 9.17) is 5.73 Å². The Balaban J connectivity index is 2.17. The summed E-state index contributed by atoms with van der Waals surface area (Å²) in [5, 5.41) is 6.25. The zero-order valence-corrected chi connectivity index (χ0v) is 9.95. The number of hydrogen-bond acceptors (Lipinski definition) is 6. The third-order valence-corrected chi connectivity index (χ3v) is 3.12. The summed E-state index contributed by atoms with van der Waals surface area (Å²) in [5.74, 6) is 1.04. The van der Waals surface area contributed by atoms with Gasteiger partial charge in [0.15, 0.2) is 0 Å². The van der Waals surface area contributed by atoms with Gasteiger partial charge in [0.1, 0.15) is 10.8 Å². The summed E-state index contributed by atoms with van der Waals surface area (Å²) in [4.78, 5) is 12.3. The van der Waals surface area contributed by atoms with E-state index >= 15 is 0 Å². The summed E-state index contributed by atoms with van der Waals surface area (Å²) in [6.07, 6.45) is 3.50. The maximum absolute atomic E-state index is 5.55. The fourth-order valence-corrected chi connectivity index (χ4v) is 1.96. The summed E-state index contributed by atoms with van der Waals surface area (Å²) < 4.78 is 0. The zero-order valence-electron chi connectivity index (χ0n) is 9.14. The van der Waals surface area contributed by atoms with E-state index in [-0.39, 0.29) is 12.0 Å². The number of aromatic nitrogens is 3. The van der Waals surface area contributed by atoms with E-state index < -0.39 is 0 Å². The summed E-state index contributed by atoms with van der Waals surface area (Å²) in [6, 6.07) is 0.119. The highest BCUT2D eigenvalue weighted by Gasteiger charge is 2.10. The first-order valence-electron chi connectivity index (χ1n) is 4.92. The highest BCUT2D eigenvalue weighted by molar-refractivity contribution is 7.09. The number of nitrogens with one attached hydrogen (secondary N) is 1. The highest BCUT2D eigenvalue weighted by Crippen LogP contribution is 2.21. The van der Waals surface area contributed by atoms with Gasteiger partial charge in [0.25, 0.3) is 0 Å². The molecule has 6 heteroatoms. The number of thiazole rings is 1. The van der Waals surface area contributed by atoms with Gasteiger partial charge in [-0.05, 0) is 13.8 Å². The number of rotatable bonds is 3. The van der Waals surface area contributed by atoms with E-state index in [1.54, 1.807) is 23.7 Å². The van der Waals surface area contributed by atoms with Crippen LogP contribution in [0.2, 0.25) is 0 Å². The van der Waals surface area contributed by atoms with Crippen LogP contribution in [0, 0.1) is 6.92 Å². The quantitative estimate of drug-likeness (QED) is 0.850. The van der Waals surface area contributed by atoms with Crippen molar-refractivity contribution in [2.45, 2.75) is 19.9 Å². The van der Waals surface area contributed by atoms with Crippen LogP contribution in [-0.4, -0.2) is 15.0 Å². The van der Waals surface area contributed by atoms with Gasteiger partial charge in [-0.25, -0.2) is 9.97 Å². The van der Waals surface area contributed by atoms with Gasteiger partial charge in [-0.1, -0.05) is 0 Å². The molecule has 0 fully saturated rings. The Labute approximate surface area is 97.8 Å². The molecule has 2 aromatic rings. The van der Waals surface area contributed by atoms with E-state index in [0.29, 0.717) is 0 Å². The largest absolute Gasteiger partial charge is 0.368 e. The van der Waals surface area contributed by atoms with Crippen LogP contribution in [-0.2, 0) is 0 Å². The van der Waals surface area contributed by atoms with Crippen molar-refractivity contribution in [3.8, 4) is 0 Å². The summed E-state index contributed by atoms with van der Waals surface area (Å²) in [5.41, 5.74) is 6.52. The van der Waals surface area contributed by atoms with Gasteiger partial charge < -0.3 is 11.1 Å². The lowest BCUT2D eigenvalue weighted by molar-refractivity contribution is 0.856. The van der Waals surface area contributed by atoms with E-state index in [0.717, 1.165) is 16.4 Å². The molecule has 0 aliphatic heterocycles. The number of nitrogens with zero attached hydrogens (tertiary/aromatic N) is 3. The van der Waals surface area contributed by atoms with Gasteiger partial charge in [0.2, 0.25) is 5.95 Å². The highest BCUT2D eigenvalue weighted by atomic mass is 32.1. The molecule has 0 aliphatic carbocycles. The van der Waals surface area contributed by atoms with Gasteiger partial charge in [0, 0.05) is 23.3 Å². The van der Waals surface area contributed by atoms with E-state index in [1.807, 2.05) is 19.2 Å². The minimum Gasteiger partial charge on any atom is -0.368 e. The Morgan fingerprint density at radius 2 is 2.25 bits per heavy atom. The predicted molar refractivity (Wildman–Crippen MR) is 65.3 cm³/mol. The van der Waals surface area contributed by atoms with Crippen molar-refractivity contribution in [1.82, 2.24) is 15.0 Å². The monoisotopic (exact) mass is 235 g/mol. The average molecular weight is 235 g/mol. The molecule has 0 saturated carbocycles. The maximum atomic E-state index is 5.55. The van der Waals surface area contributed by atoms with Crippen LogP contribution < -0.4 is 11.1 Å². The van der Waals surface area contributed by atoms with Crippen LogP contribution in [0.3, 0.4) is 0 Å². The second-order valence-electron chi connectivity index (χ2n) is 3.50. The number of anilines is 2. The summed E-state index contributed by atoms with van der Waals surface area (Å²) in [7, 11) is 0. The van der Waals surface area contributed by atoms with Crippen LogP contribution in [0.15, 0.2) is 17.8 Å².